The number of amidine groups is 1. The van der Waals surface area contributed by atoms with E-state index >= 15 is 0 Å². The van der Waals surface area contributed by atoms with Crippen LogP contribution in [0.2, 0.25) is 0 Å². The van der Waals surface area contributed by atoms with Crippen LogP contribution in [-0.4, -0.2) is 44.1 Å². The second-order valence-electron chi connectivity index (χ2n) is 4.51. The van der Waals surface area contributed by atoms with Crippen LogP contribution in [0.4, 0.5) is 0 Å². The number of nitrogen functional groups attached to an aromatic ring is 1. The Morgan fingerprint density at radius 2 is 2.10 bits per heavy atom. The maximum atomic E-state index is 7.60. The molecule has 0 atom stereocenters. The van der Waals surface area contributed by atoms with E-state index in [1.54, 1.807) is 7.11 Å². The molecule has 0 aromatic heterocycles. The molecule has 0 spiro atoms. The molecule has 3 N–H and O–H groups in total. The zero-order chi connectivity index (χ0) is 15.0. The number of nitrogens with one attached hydrogen (secondary N) is 1. The lowest BCUT2D eigenvalue weighted by Crippen LogP contribution is -2.27. The minimum absolute atomic E-state index is 0.0288. The van der Waals surface area contributed by atoms with E-state index in [4.69, 9.17) is 20.6 Å². The van der Waals surface area contributed by atoms with Gasteiger partial charge in [0, 0.05) is 19.7 Å². The van der Waals surface area contributed by atoms with E-state index in [0.29, 0.717) is 11.3 Å². The fraction of sp³-hybridized carbons (Fsp3) is 0.533. The third-order valence-corrected chi connectivity index (χ3v) is 3.16. The summed E-state index contributed by atoms with van der Waals surface area (Å²) >= 11 is 0. The molecule has 1 aromatic carbocycles. The number of methoxy groups -OCH3 is 1. The third-order valence-electron chi connectivity index (χ3n) is 3.16. The summed E-state index contributed by atoms with van der Waals surface area (Å²) in [6.45, 7) is 8.27. The van der Waals surface area contributed by atoms with Crippen LogP contribution in [0.1, 0.15) is 25.0 Å². The van der Waals surface area contributed by atoms with Crippen LogP contribution in [0.15, 0.2) is 18.2 Å². The molecule has 1 aromatic rings. The largest absolute Gasteiger partial charge is 0.496 e. The number of benzene rings is 1. The Labute approximate surface area is 121 Å². The average molecular weight is 279 g/mol. The SMILES string of the molecule is CCOCCN(CC)Cc1ccc(OC)c(C(=N)N)c1. The second kappa shape index (κ2) is 8.55. The van der Waals surface area contributed by atoms with Gasteiger partial charge in [-0.15, -0.1) is 0 Å². The first-order valence-electron chi connectivity index (χ1n) is 6.93. The standard InChI is InChI=1S/C15H25N3O2/c1-4-18(8-9-20-5-2)11-12-6-7-14(19-3)13(10-12)15(16)17/h6-7,10H,4-5,8-9,11H2,1-3H3,(H3,16,17). The van der Waals surface area contributed by atoms with Gasteiger partial charge in [0.05, 0.1) is 19.3 Å². The molecule has 5 heteroatoms. The van der Waals surface area contributed by atoms with Crippen molar-refractivity contribution < 1.29 is 9.47 Å². The van der Waals surface area contributed by atoms with Crippen LogP contribution in [0.3, 0.4) is 0 Å². The fourth-order valence-corrected chi connectivity index (χ4v) is 2.01. The molecule has 0 fully saturated rings. The summed E-state index contributed by atoms with van der Waals surface area (Å²) in [6.07, 6.45) is 0. The Kier molecular flexibility index (Phi) is 7.04. The lowest BCUT2D eigenvalue weighted by molar-refractivity contribution is 0.113. The van der Waals surface area contributed by atoms with Crippen LogP contribution in [0, 0.1) is 5.41 Å². The Balaban J connectivity index is 2.75. The third kappa shape index (κ3) is 4.83. The summed E-state index contributed by atoms with van der Waals surface area (Å²) in [6, 6.07) is 5.79. The molecule has 0 radical (unpaired) electrons. The molecule has 0 aliphatic rings. The van der Waals surface area contributed by atoms with Crippen LogP contribution >= 0.6 is 0 Å². The van der Waals surface area contributed by atoms with Crippen LogP contribution in [0.5, 0.6) is 5.75 Å². The van der Waals surface area contributed by atoms with E-state index < -0.39 is 0 Å². The summed E-state index contributed by atoms with van der Waals surface area (Å²) in [7, 11) is 1.59. The maximum Gasteiger partial charge on any atom is 0.129 e. The van der Waals surface area contributed by atoms with E-state index in [2.05, 4.69) is 11.8 Å². The molecule has 0 amide bonds. The van der Waals surface area contributed by atoms with Gasteiger partial charge in [-0.05, 0) is 31.2 Å². The zero-order valence-electron chi connectivity index (χ0n) is 12.6. The molecule has 0 saturated heterocycles. The highest BCUT2D eigenvalue weighted by molar-refractivity contribution is 5.97. The van der Waals surface area contributed by atoms with Gasteiger partial charge in [-0.2, -0.15) is 0 Å². The first-order valence-corrected chi connectivity index (χ1v) is 6.93. The van der Waals surface area contributed by atoms with Crippen LogP contribution in [-0.2, 0) is 11.3 Å². The predicted octanol–water partition coefficient (Wildman–Crippen LogP) is 1.84. The first-order chi connectivity index (χ1) is 9.62. The van der Waals surface area contributed by atoms with E-state index in [0.717, 1.165) is 38.4 Å². The smallest absolute Gasteiger partial charge is 0.129 e. The normalized spacial score (nSPS) is 10.8. The molecule has 0 aliphatic heterocycles. The first kappa shape index (κ1) is 16.5. The fourth-order valence-electron chi connectivity index (χ4n) is 2.01. The number of ether oxygens (including phenoxy) is 2. The van der Waals surface area contributed by atoms with E-state index in [-0.39, 0.29) is 5.84 Å². The molecule has 0 unspecified atom stereocenters. The maximum absolute atomic E-state index is 7.60. The predicted molar refractivity (Wildman–Crippen MR) is 81.5 cm³/mol. The van der Waals surface area contributed by atoms with E-state index in [1.165, 1.54) is 0 Å². The quantitative estimate of drug-likeness (QED) is 0.411. The van der Waals surface area contributed by atoms with Gasteiger partial charge in [-0.3, -0.25) is 10.3 Å². The molecule has 5 nitrogen and oxygen atoms in total. The Hall–Kier alpha value is -1.59. The number of nitrogens with two attached hydrogens (primary N) is 1. The summed E-state index contributed by atoms with van der Waals surface area (Å²) in [4.78, 5) is 2.29. The number of hydrogen-bond acceptors (Lipinski definition) is 4. The monoisotopic (exact) mass is 279 g/mol. The van der Waals surface area contributed by atoms with Gasteiger partial charge in [0.1, 0.15) is 11.6 Å². The number of likely N-dealkylation sites (N-methyl/N-ethyl adjacent to an activating group) is 1. The highest BCUT2D eigenvalue weighted by Gasteiger charge is 2.09. The molecular weight excluding hydrogens is 254 g/mol. The van der Waals surface area contributed by atoms with Crippen molar-refractivity contribution in [2.45, 2.75) is 20.4 Å². The molecule has 0 heterocycles. The van der Waals surface area contributed by atoms with Crippen molar-refractivity contribution >= 4 is 5.84 Å². The van der Waals surface area contributed by atoms with Crippen molar-refractivity contribution in [1.82, 2.24) is 4.90 Å². The summed E-state index contributed by atoms with van der Waals surface area (Å²) in [5.74, 6) is 0.666. The number of hydrogen-bond donors (Lipinski definition) is 2. The molecule has 1 rings (SSSR count). The van der Waals surface area contributed by atoms with Crippen molar-refractivity contribution in [3.8, 4) is 5.75 Å². The van der Waals surface area contributed by atoms with Gasteiger partial charge in [0.2, 0.25) is 0 Å². The van der Waals surface area contributed by atoms with Crippen molar-refractivity contribution in [3.05, 3.63) is 29.3 Å². The van der Waals surface area contributed by atoms with E-state index in [9.17, 15) is 0 Å². The lowest BCUT2D eigenvalue weighted by atomic mass is 10.1. The van der Waals surface area contributed by atoms with Crippen molar-refractivity contribution in [3.63, 3.8) is 0 Å². The molecule has 112 valence electrons. The highest BCUT2D eigenvalue weighted by atomic mass is 16.5. The van der Waals surface area contributed by atoms with Gasteiger partial charge in [0.25, 0.3) is 0 Å². The zero-order valence-corrected chi connectivity index (χ0v) is 12.6. The molecule has 0 bridgehead atoms. The van der Waals surface area contributed by atoms with E-state index in [1.807, 2.05) is 25.1 Å². The van der Waals surface area contributed by atoms with Crippen LogP contribution < -0.4 is 10.5 Å². The van der Waals surface area contributed by atoms with Gasteiger partial charge in [-0.1, -0.05) is 13.0 Å². The summed E-state index contributed by atoms with van der Waals surface area (Å²) in [5.41, 5.74) is 7.35. The van der Waals surface area contributed by atoms with Gasteiger partial charge >= 0.3 is 0 Å². The average Bonchev–Trinajstić information content (AvgIpc) is 2.46. The molecule has 20 heavy (non-hydrogen) atoms. The number of nitrogens with zero attached hydrogens (tertiary/aromatic N) is 1. The minimum atomic E-state index is 0.0288. The molecule has 0 aliphatic carbocycles. The van der Waals surface area contributed by atoms with Gasteiger partial charge in [0.15, 0.2) is 0 Å². The Bertz CT molecular complexity index is 435. The minimum Gasteiger partial charge on any atom is -0.496 e. The second-order valence-corrected chi connectivity index (χ2v) is 4.51. The van der Waals surface area contributed by atoms with Crippen molar-refractivity contribution in [2.24, 2.45) is 5.73 Å². The Morgan fingerprint density at radius 3 is 2.65 bits per heavy atom. The molecule has 0 saturated carbocycles. The number of rotatable bonds is 9. The van der Waals surface area contributed by atoms with Crippen molar-refractivity contribution in [1.29, 1.82) is 5.41 Å². The molecular formula is C15H25N3O2. The van der Waals surface area contributed by atoms with Gasteiger partial charge < -0.3 is 15.2 Å². The topological polar surface area (TPSA) is 71.6 Å². The van der Waals surface area contributed by atoms with Crippen LogP contribution in [0.25, 0.3) is 0 Å². The van der Waals surface area contributed by atoms with Crippen molar-refractivity contribution in [2.75, 3.05) is 33.4 Å². The lowest BCUT2D eigenvalue weighted by Gasteiger charge is -2.21. The summed E-state index contributed by atoms with van der Waals surface area (Å²) < 4.78 is 10.6. The van der Waals surface area contributed by atoms with Gasteiger partial charge in [-0.25, -0.2) is 0 Å². The highest BCUT2D eigenvalue weighted by Crippen LogP contribution is 2.20. The summed E-state index contributed by atoms with van der Waals surface area (Å²) in [5, 5.41) is 7.60. The Morgan fingerprint density at radius 1 is 1.35 bits per heavy atom.